The summed E-state index contributed by atoms with van der Waals surface area (Å²) in [7, 11) is 0. The van der Waals surface area contributed by atoms with Gasteiger partial charge in [-0.3, -0.25) is 0 Å². The summed E-state index contributed by atoms with van der Waals surface area (Å²) in [6.07, 6.45) is 0. The van der Waals surface area contributed by atoms with Crippen LogP contribution in [0.15, 0.2) is 48.5 Å². The first kappa shape index (κ1) is 15.6. The molecule has 1 N–H and O–H groups in total. The van der Waals surface area contributed by atoms with E-state index in [9.17, 15) is 9.59 Å². The van der Waals surface area contributed by atoms with E-state index in [1.54, 1.807) is 49.4 Å². The number of carboxylic acid groups (broad SMARTS) is 1. The summed E-state index contributed by atoms with van der Waals surface area (Å²) >= 11 is 0. The molecule has 0 aliphatic heterocycles. The van der Waals surface area contributed by atoms with Crippen LogP contribution < -0.4 is 4.74 Å². The number of aromatic carboxylic acids is 1. The van der Waals surface area contributed by atoms with Crippen LogP contribution in [0.25, 0.3) is 0 Å². The number of esters is 1. The van der Waals surface area contributed by atoms with Crippen molar-refractivity contribution in [2.45, 2.75) is 13.5 Å². The van der Waals surface area contributed by atoms with Gasteiger partial charge in [-0.05, 0) is 37.3 Å². The second-order valence-electron chi connectivity index (χ2n) is 4.50. The molecular formula is C17H16O5. The first-order valence-corrected chi connectivity index (χ1v) is 6.83. The fraction of sp³-hybridized carbons (Fsp3) is 0.176. The normalized spacial score (nSPS) is 10.0. The van der Waals surface area contributed by atoms with E-state index in [1.165, 1.54) is 6.07 Å². The lowest BCUT2D eigenvalue weighted by Crippen LogP contribution is -2.06. The molecule has 0 heterocycles. The van der Waals surface area contributed by atoms with Crippen molar-refractivity contribution in [3.63, 3.8) is 0 Å². The number of rotatable bonds is 6. The van der Waals surface area contributed by atoms with E-state index < -0.39 is 5.97 Å². The standard InChI is InChI=1S/C17H16O5/c1-2-21-17(20)12-7-9-14(10-8-12)22-11-13-5-3-4-6-15(13)16(18)19/h3-10H,2,11H2,1H3,(H,18,19). The zero-order valence-electron chi connectivity index (χ0n) is 12.1. The summed E-state index contributed by atoms with van der Waals surface area (Å²) in [5, 5.41) is 9.10. The Morgan fingerprint density at radius 3 is 2.36 bits per heavy atom. The molecule has 22 heavy (non-hydrogen) atoms. The van der Waals surface area contributed by atoms with Crippen LogP contribution in [0.4, 0.5) is 0 Å². The van der Waals surface area contributed by atoms with Crippen molar-refractivity contribution in [2.75, 3.05) is 6.61 Å². The van der Waals surface area contributed by atoms with Gasteiger partial charge in [0.1, 0.15) is 12.4 Å². The number of hydrogen-bond donors (Lipinski definition) is 1. The SMILES string of the molecule is CCOC(=O)c1ccc(OCc2ccccc2C(=O)O)cc1. The third kappa shape index (κ3) is 3.85. The van der Waals surface area contributed by atoms with Crippen molar-refractivity contribution in [3.05, 3.63) is 65.2 Å². The van der Waals surface area contributed by atoms with Crippen LogP contribution in [-0.4, -0.2) is 23.7 Å². The maximum atomic E-state index is 11.5. The molecule has 2 rings (SSSR count). The van der Waals surface area contributed by atoms with Gasteiger partial charge in [0.15, 0.2) is 0 Å². The fourth-order valence-electron chi connectivity index (χ4n) is 1.92. The minimum atomic E-state index is -0.989. The van der Waals surface area contributed by atoms with Gasteiger partial charge in [0.2, 0.25) is 0 Å². The van der Waals surface area contributed by atoms with Crippen molar-refractivity contribution < 1.29 is 24.2 Å². The fourth-order valence-corrected chi connectivity index (χ4v) is 1.92. The molecule has 2 aromatic carbocycles. The van der Waals surface area contributed by atoms with Crippen LogP contribution in [0, 0.1) is 0 Å². The van der Waals surface area contributed by atoms with Crippen molar-refractivity contribution in [2.24, 2.45) is 0 Å². The van der Waals surface area contributed by atoms with Gasteiger partial charge in [0, 0.05) is 5.56 Å². The summed E-state index contributed by atoms with van der Waals surface area (Å²) in [6, 6.07) is 13.2. The summed E-state index contributed by atoms with van der Waals surface area (Å²) in [5.41, 5.74) is 1.25. The van der Waals surface area contributed by atoms with Gasteiger partial charge in [0.25, 0.3) is 0 Å². The third-order valence-electron chi connectivity index (χ3n) is 3.01. The maximum Gasteiger partial charge on any atom is 0.338 e. The molecule has 0 unspecified atom stereocenters. The van der Waals surface area contributed by atoms with Crippen LogP contribution in [-0.2, 0) is 11.3 Å². The third-order valence-corrected chi connectivity index (χ3v) is 3.01. The van der Waals surface area contributed by atoms with E-state index >= 15 is 0 Å². The molecule has 0 atom stereocenters. The van der Waals surface area contributed by atoms with Crippen LogP contribution >= 0.6 is 0 Å². The molecular weight excluding hydrogens is 284 g/mol. The predicted octanol–water partition coefficient (Wildman–Crippen LogP) is 3.14. The van der Waals surface area contributed by atoms with Crippen LogP contribution in [0.1, 0.15) is 33.2 Å². The van der Waals surface area contributed by atoms with Gasteiger partial charge < -0.3 is 14.6 Å². The molecule has 0 amide bonds. The van der Waals surface area contributed by atoms with Crippen LogP contribution in [0.5, 0.6) is 5.75 Å². The quantitative estimate of drug-likeness (QED) is 0.830. The zero-order chi connectivity index (χ0) is 15.9. The molecule has 0 saturated carbocycles. The largest absolute Gasteiger partial charge is 0.489 e. The Morgan fingerprint density at radius 2 is 1.73 bits per heavy atom. The molecule has 0 radical (unpaired) electrons. The van der Waals surface area contributed by atoms with Crippen molar-refractivity contribution in [1.29, 1.82) is 0 Å². The number of carbonyl (C=O) groups excluding carboxylic acids is 1. The van der Waals surface area contributed by atoms with E-state index in [-0.39, 0.29) is 18.1 Å². The highest BCUT2D eigenvalue weighted by atomic mass is 16.5. The summed E-state index contributed by atoms with van der Waals surface area (Å²) in [6.45, 7) is 2.21. The molecule has 0 aliphatic carbocycles. The van der Waals surface area contributed by atoms with Crippen molar-refractivity contribution in [1.82, 2.24) is 0 Å². The highest BCUT2D eigenvalue weighted by molar-refractivity contribution is 5.89. The average molecular weight is 300 g/mol. The Kier molecular flexibility index (Phi) is 5.14. The lowest BCUT2D eigenvalue weighted by Gasteiger charge is -2.09. The van der Waals surface area contributed by atoms with Crippen LogP contribution in [0.3, 0.4) is 0 Å². The monoisotopic (exact) mass is 300 g/mol. The van der Waals surface area contributed by atoms with Gasteiger partial charge >= 0.3 is 11.9 Å². The van der Waals surface area contributed by atoms with Gasteiger partial charge in [-0.15, -0.1) is 0 Å². The number of carboxylic acids is 1. The molecule has 0 fully saturated rings. The molecule has 0 spiro atoms. The van der Waals surface area contributed by atoms with Gasteiger partial charge in [0.05, 0.1) is 17.7 Å². The van der Waals surface area contributed by atoms with E-state index in [2.05, 4.69) is 0 Å². The summed E-state index contributed by atoms with van der Waals surface area (Å²) in [5.74, 6) is -0.824. The molecule has 5 heteroatoms. The van der Waals surface area contributed by atoms with Gasteiger partial charge in [-0.1, -0.05) is 18.2 Å². The lowest BCUT2D eigenvalue weighted by atomic mass is 10.1. The minimum Gasteiger partial charge on any atom is -0.489 e. The van der Waals surface area contributed by atoms with Crippen LogP contribution in [0.2, 0.25) is 0 Å². The number of ether oxygens (including phenoxy) is 2. The average Bonchev–Trinajstić information content (AvgIpc) is 2.54. The number of benzene rings is 2. The maximum absolute atomic E-state index is 11.5. The summed E-state index contributed by atoms with van der Waals surface area (Å²) in [4.78, 5) is 22.6. The lowest BCUT2D eigenvalue weighted by molar-refractivity contribution is 0.0525. The first-order valence-electron chi connectivity index (χ1n) is 6.83. The molecule has 0 bridgehead atoms. The Bertz CT molecular complexity index is 661. The highest BCUT2D eigenvalue weighted by Gasteiger charge is 2.10. The second-order valence-corrected chi connectivity index (χ2v) is 4.50. The van der Waals surface area contributed by atoms with E-state index in [4.69, 9.17) is 14.6 Å². The minimum absolute atomic E-state index is 0.140. The summed E-state index contributed by atoms with van der Waals surface area (Å²) < 4.78 is 10.5. The Balaban J connectivity index is 2.03. The second kappa shape index (κ2) is 7.26. The number of carbonyl (C=O) groups is 2. The van der Waals surface area contributed by atoms with Crippen molar-refractivity contribution in [3.8, 4) is 5.75 Å². The Labute approximate surface area is 128 Å². The molecule has 2 aromatic rings. The molecule has 0 saturated heterocycles. The van der Waals surface area contributed by atoms with Gasteiger partial charge in [-0.2, -0.15) is 0 Å². The smallest absolute Gasteiger partial charge is 0.338 e. The van der Waals surface area contributed by atoms with Gasteiger partial charge in [-0.25, -0.2) is 9.59 Å². The number of hydrogen-bond acceptors (Lipinski definition) is 4. The van der Waals surface area contributed by atoms with Crippen molar-refractivity contribution >= 4 is 11.9 Å². The van der Waals surface area contributed by atoms with E-state index in [0.717, 1.165) is 0 Å². The van der Waals surface area contributed by atoms with E-state index in [1.807, 2.05) is 0 Å². The molecule has 0 aliphatic rings. The molecule has 5 nitrogen and oxygen atoms in total. The zero-order valence-corrected chi connectivity index (χ0v) is 12.1. The Morgan fingerprint density at radius 1 is 1.05 bits per heavy atom. The highest BCUT2D eigenvalue weighted by Crippen LogP contribution is 2.16. The first-order chi connectivity index (χ1) is 10.6. The predicted molar refractivity (Wildman–Crippen MR) is 80.1 cm³/mol. The molecule has 114 valence electrons. The topological polar surface area (TPSA) is 72.8 Å². The molecule has 0 aromatic heterocycles. The Hall–Kier alpha value is -2.82. The van der Waals surface area contributed by atoms with E-state index in [0.29, 0.717) is 23.5 Å².